The second-order valence-electron chi connectivity index (χ2n) is 6.24. The van der Waals surface area contributed by atoms with Crippen LogP contribution in [0.3, 0.4) is 0 Å². The van der Waals surface area contributed by atoms with Crippen LogP contribution in [0.5, 0.6) is 0 Å². The molecule has 1 fully saturated rings. The molecule has 1 aliphatic heterocycles. The van der Waals surface area contributed by atoms with Crippen molar-refractivity contribution in [3.05, 3.63) is 23.8 Å². The molecule has 0 spiro atoms. The lowest BCUT2D eigenvalue weighted by atomic mass is 10.1. The van der Waals surface area contributed by atoms with Crippen molar-refractivity contribution in [2.75, 3.05) is 29.9 Å². The Balaban J connectivity index is 1.95. The van der Waals surface area contributed by atoms with E-state index in [4.69, 9.17) is 5.11 Å². The third-order valence-corrected chi connectivity index (χ3v) is 4.40. The molecule has 1 aliphatic rings. The molecule has 0 bridgehead atoms. The van der Waals surface area contributed by atoms with Gasteiger partial charge in [0.1, 0.15) is 0 Å². The van der Waals surface area contributed by atoms with Crippen LogP contribution < -0.4 is 15.5 Å². The number of aliphatic hydroxyl groups is 1. The summed E-state index contributed by atoms with van der Waals surface area (Å²) in [6, 6.07) is 5.72. The smallest absolute Gasteiger partial charge is 0.319 e. The van der Waals surface area contributed by atoms with Crippen LogP contribution in [0.25, 0.3) is 0 Å². The number of carbonyl (C=O) groups excluding carboxylic acids is 1. The molecule has 5 nitrogen and oxygen atoms in total. The Hall–Kier alpha value is -1.75. The standard InChI is InChI=1S/C17H27N3O2/c1-12-10-15(6-7-16(12)20-8-4-5-9-20)19-17(22)18-14(3)13(2)11-21/h6-7,10,13-14,21H,4-5,8-9,11H2,1-3H3,(H2,18,19,22)/t13-,14+/m0/s1. The van der Waals surface area contributed by atoms with Crippen LogP contribution >= 0.6 is 0 Å². The van der Waals surface area contributed by atoms with Gasteiger partial charge >= 0.3 is 6.03 Å². The van der Waals surface area contributed by atoms with Gasteiger partial charge in [0.05, 0.1) is 0 Å². The molecule has 3 N–H and O–H groups in total. The maximum Gasteiger partial charge on any atom is 0.319 e. The maximum absolute atomic E-state index is 12.0. The van der Waals surface area contributed by atoms with E-state index in [1.54, 1.807) is 0 Å². The molecule has 122 valence electrons. The van der Waals surface area contributed by atoms with Crippen molar-refractivity contribution >= 4 is 17.4 Å². The van der Waals surface area contributed by atoms with Crippen molar-refractivity contribution in [3.63, 3.8) is 0 Å². The summed E-state index contributed by atoms with van der Waals surface area (Å²) in [6.07, 6.45) is 2.51. The quantitative estimate of drug-likeness (QED) is 0.784. The summed E-state index contributed by atoms with van der Waals surface area (Å²) < 4.78 is 0. The third-order valence-electron chi connectivity index (χ3n) is 4.40. The lowest BCUT2D eigenvalue weighted by Gasteiger charge is -2.22. The molecule has 2 amide bonds. The zero-order chi connectivity index (χ0) is 16.1. The summed E-state index contributed by atoms with van der Waals surface area (Å²) in [4.78, 5) is 14.4. The topological polar surface area (TPSA) is 64.6 Å². The van der Waals surface area contributed by atoms with E-state index in [1.165, 1.54) is 24.1 Å². The number of urea groups is 1. The predicted molar refractivity (Wildman–Crippen MR) is 90.5 cm³/mol. The highest BCUT2D eigenvalue weighted by Gasteiger charge is 2.16. The Kier molecular flexibility index (Phi) is 5.66. The SMILES string of the molecule is Cc1cc(NC(=O)N[C@H](C)[C@@H](C)CO)ccc1N1CCCC1. The van der Waals surface area contributed by atoms with Gasteiger partial charge in [0.15, 0.2) is 0 Å². The number of hydrogen-bond donors (Lipinski definition) is 3. The number of nitrogens with zero attached hydrogens (tertiary/aromatic N) is 1. The molecule has 0 radical (unpaired) electrons. The number of amides is 2. The first-order valence-electron chi connectivity index (χ1n) is 8.05. The molecule has 0 unspecified atom stereocenters. The van der Waals surface area contributed by atoms with E-state index in [1.807, 2.05) is 26.0 Å². The monoisotopic (exact) mass is 305 g/mol. The largest absolute Gasteiger partial charge is 0.396 e. The number of aryl methyl sites for hydroxylation is 1. The second kappa shape index (κ2) is 7.49. The number of carbonyl (C=O) groups is 1. The summed E-state index contributed by atoms with van der Waals surface area (Å²) in [5.41, 5.74) is 3.23. The van der Waals surface area contributed by atoms with Crippen LogP contribution in [0.1, 0.15) is 32.3 Å². The van der Waals surface area contributed by atoms with Crippen LogP contribution in [-0.4, -0.2) is 36.9 Å². The fraction of sp³-hybridized carbons (Fsp3) is 0.588. The van der Waals surface area contributed by atoms with Crippen molar-refractivity contribution in [3.8, 4) is 0 Å². The van der Waals surface area contributed by atoms with Crippen LogP contribution in [-0.2, 0) is 0 Å². The number of nitrogens with one attached hydrogen (secondary N) is 2. The molecule has 0 saturated carbocycles. The summed E-state index contributed by atoms with van der Waals surface area (Å²) in [7, 11) is 0. The molecule has 1 saturated heterocycles. The molecule has 2 rings (SSSR count). The number of benzene rings is 1. The first-order chi connectivity index (χ1) is 10.5. The van der Waals surface area contributed by atoms with Gasteiger partial charge in [0, 0.05) is 37.1 Å². The van der Waals surface area contributed by atoms with E-state index >= 15 is 0 Å². The first-order valence-corrected chi connectivity index (χ1v) is 8.05. The van der Waals surface area contributed by atoms with E-state index in [2.05, 4.69) is 28.5 Å². The summed E-state index contributed by atoms with van der Waals surface area (Å²) >= 11 is 0. The molecular formula is C17H27N3O2. The Bertz CT molecular complexity index is 513. The van der Waals surface area contributed by atoms with Crippen molar-refractivity contribution < 1.29 is 9.90 Å². The van der Waals surface area contributed by atoms with Gasteiger partial charge in [0.25, 0.3) is 0 Å². The van der Waals surface area contributed by atoms with Crippen LogP contribution in [0, 0.1) is 12.8 Å². The van der Waals surface area contributed by atoms with Gasteiger partial charge in [-0.25, -0.2) is 4.79 Å². The van der Waals surface area contributed by atoms with Gasteiger partial charge in [-0.3, -0.25) is 0 Å². The molecule has 0 aromatic heterocycles. The molecule has 5 heteroatoms. The van der Waals surface area contributed by atoms with E-state index in [0.29, 0.717) is 0 Å². The lowest BCUT2D eigenvalue weighted by molar-refractivity contribution is 0.204. The number of anilines is 2. The minimum absolute atomic E-state index is 0.0324. The molecule has 0 aliphatic carbocycles. The zero-order valence-electron chi connectivity index (χ0n) is 13.7. The minimum Gasteiger partial charge on any atom is -0.396 e. The van der Waals surface area contributed by atoms with Crippen molar-refractivity contribution in [2.45, 2.75) is 39.7 Å². The number of aliphatic hydroxyl groups excluding tert-OH is 1. The van der Waals surface area contributed by atoms with E-state index in [9.17, 15) is 4.79 Å². The lowest BCUT2D eigenvalue weighted by Crippen LogP contribution is -2.40. The third kappa shape index (κ3) is 4.13. The summed E-state index contributed by atoms with van der Waals surface area (Å²) in [5, 5.41) is 14.8. The van der Waals surface area contributed by atoms with Crippen molar-refractivity contribution in [2.24, 2.45) is 5.92 Å². The van der Waals surface area contributed by atoms with Crippen LogP contribution in [0.4, 0.5) is 16.2 Å². The Morgan fingerprint density at radius 2 is 2.00 bits per heavy atom. The second-order valence-corrected chi connectivity index (χ2v) is 6.24. The van der Waals surface area contributed by atoms with Gasteiger partial charge in [-0.05, 0) is 56.4 Å². The minimum atomic E-state index is -0.235. The van der Waals surface area contributed by atoms with Crippen LogP contribution in [0.15, 0.2) is 18.2 Å². The molecule has 22 heavy (non-hydrogen) atoms. The average molecular weight is 305 g/mol. The molecule has 2 atom stereocenters. The van der Waals surface area contributed by atoms with Gasteiger partial charge < -0.3 is 20.6 Å². The highest BCUT2D eigenvalue weighted by Crippen LogP contribution is 2.26. The van der Waals surface area contributed by atoms with Gasteiger partial charge in [0.2, 0.25) is 0 Å². The average Bonchev–Trinajstić information content (AvgIpc) is 3.00. The Morgan fingerprint density at radius 3 is 2.59 bits per heavy atom. The molecule has 1 aromatic carbocycles. The van der Waals surface area contributed by atoms with Gasteiger partial charge in [-0.1, -0.05) is 6.92 Å². The van der Waals surface area contributed by atoms with Crippen molar-refractivity contribution in [1.29, 1.82) is 0 Å². The van der Waals surface area contributed by atoms with E-state index in [-0.39, 0.29) is 24.6 Å². The highest BCUT2D eigenvalue weighted by molar-refractivity contribution is 5.89. The van der Waals surface area contributed by atoms with Gasteiger partial charge in [-0.15, -0.1) is 0 Å². The number of hydrogen-bond acceptors (Lipinski definition) is 3. The first kappa shape index (κ1) is 16.6. The Labute approximate surface area is 132 Å². The molecular weight excluding hydrogens is 278 g/mol. The summed E-state index contributed by atoms with van der Waals surface area (Å²) in [6.45, 7) is 8.16. The zero-order valence-corrected chi connectivity index (χ0v) is 13.7. The van der Waals surface area contributed by atoms with E-state index < -0.39 is 0 Å². The molecule has 1 aromatic rings. The van der Waals surface area contributed by atoms with Crippen LogP contribution in [0.2, 0.25) is 0 Å². The van der Waals surface area contributed by atoms with Crippen molar-refractivity contribution in [1.82, 2.24) is 5.32 Å². The fourth-order valence-corrected chi connectivity index (χ4v) is 2.72. The summed E-state index contributed by atoms with van der Waals surface area (Å²) in [5.74, 6) is 0.0324. The number of rotatable bonds is 5. The Morgan fingerprint density at radius 1 is 1.32 bits per heavy atom. The normalized spacial score (nSPS) is 17.2. The fourth-order valence-electron chi connectivity index (χ4n) is 2.72. The predicted octanol–water partition coefficient (Wildman–Crippen LogP) is 2.73. The highest BCUT2D eigenvalue weighted by atomic mass is 16.3. The van der Waals surface area contributed by atoms with Gasteiger partial charge in [-0.2, -0.15) is 0 Å². The molecule has 1 heterocycles. The van der Waals surface area contributed by atoms with E-state index in [0.717, 1.165) is 18.8 Å². The maximum atomic E-state index is 12.0.